The van der Waals surface area contributed by atoms with E-state index in [0.717, 1.165) is 67.3 Å². The molecule has 0 aliphatic carbocycles. The van der Waals surface area contributed by atoms with Crippen molar-refractivity contribution in [2.45, 2.75) is 26.2 Å². The van der Waals surface area contributed by atoms with Crippen LogP contribution in [0.4, 0.5) is 22.7 Å². The molecule has 0 radical (unpaired) electrons. The van der Waals surface area contributed by atoms with E-state index in [4.69, 9.17) is 12.5 Å². The molecule has 12 rings (SSSR count). The predicted octanol–water partition coefficient (Wildman–Crippen LogP) is 15.5. The van der Waals surface area contributed by atoms with Crippen LogP contribution in [-0.4, -0.2) is 16.2 Å². The lowest BCUT2D eigenvalue weighted by atomic mass is 9.86. The summed E-state index contributed by atoms with van der Waals surface area (Å²) < 4.78 is 63.4. The Kier molecular flexibility index (Phi) is 7.07. The van der Waals surface area contributed by atoms with Gasteiger partial charge in [0.15, 0.2) is 0 Å². The first-order chi connectivity index (χ1) is 33.4. The normalized spacial score (nSPS) is 14.3. The molecule has 63 heavy (non-hydrogen) atoms. The van der Waals surface area contributed by atoms with E-state index in [1.165, 1.54) is 0 Å². The van der Waals surface area contributed by atoms with E-state index in [9.17, 15) is 5.48 Å². The van der Waals surface area contributed by atoms with Gasteiger partial charge < -0.3 is 14.5 Å². The van der Waals surface area contributed by atoms with Gasteiger partial charge in [-0.05, 0) is 93.8 Å². The molecule has 0 saturated heterocycles. The lowest BCUT2D eigenvalue weighted by molar-refractivity contribution is 0.483. The number of pyridine rings is 1. The zero-order chi connectivity index (χ0) is 47.5. The van der Waals surface area contributed by atoms with Crippen molar-refractivity contribution in [1.29, 1.82) is 0 Å². The summed E-state index contributed by atoms with van der Waals surface area (Å²) in [5.41, 5.74) is 12.9. The molecular formula is C58H44N4O. The maximum Gasteiger partial charge on any atom is 0.138 e. The van der Waals surface area contributed by atoms with Gasteiger partial charge in [-0.2, -0.15) is 0 Å². The second-order valence-electron chi connectivity index (χ2n) is 17.2. The van der Waals surface area contributed by atoms with Crippen molar-refractivity contribution in [3.05, 3.63) is 206 Å². The Morgan fingerprint density at radius 3 is 2.06 bits per heavy atom. The van der Waals surface area contributed by atoms with Gasteiger partial charge in [0.05, 0.1) is 42.0 Å². The average Bonchev–Trinajstić information content (AvgIpc) is 3.93. The summed E-state index contributed by atoms with van der Waals surface area (Å²) >= 11 is 0. The molecule has 5 nitrogen and oxygen atoms in total. The van der Waals surface area contributed by atoms with Gasteiger partial charge in [-0.25, -0.2) is 4.98 Å². The van der Waals surface area contributed by atoms with Crippen molar-refractivity contribution >= 4 is 44.6 Å². The average molecular weight is 819 g/mol. The molecule has 5 heteroatoms. The van der Waals surface area contributed by atoms with Crippen molar-refractivity contribution in [2.75, 3.05) is 16.5 Å². The third-order valence-corrected chi connectivity index (χ3v) is 12.3. The molecule has 2 aliphatic rings. The van der Waals surface area contributed by atoms with Crippen molar-refractivity contribution in [1.82, 2.24) is 9.55 Å². The van der Waals surface area contributed by atoms with Gasteiger partial charge in [0.1, 0.15) is 24.0 Å². The Morgan fingerprint density at radius 2 is 1.21 bits per heavy atom. The molecule has 10 bridgehead atoms. The predicted molar refractivity (Wildman–Crippen MR) is 261 cm³/mol. The number of benzene rings is 8. The van der Waals surface area contributed by atoms with Crippen LogP contribution >= 0.6 is 0 Å². The van der Waals surface area contributed by atoms with Crippen LogP contribution in [0.5, 0.6) is 11.5 Å². The van der Waals surface area contributed by atoms with Gasteiger partial charge >= 0.3 is 0 Å². The molecule has 0 unspecified atom stereocenters. The topological polar surface area (TPSA) is 33.5 Å². The summed E-state index contributed by atoms with van der Waals surface area (Å²) in [5.74, 6) is 0.947. The molecule has 10 aromatic rings. The van der Waals surface area contributed by atoms with Crippen molar-refractivity contribution in [3.8, 4) is 62.0 Å². The molecule has 2 aliphatic heterocycles. The molecular weight excluding hydrogens is 769 g/mol. The first-order valence-electron chi connectivity index (χ1n) is 24.2. The summed E-state index contributed by atoms with van der Waals surface area (Å²) in [6.45, 7) is 6.85. The lowest BCUT2D eigenvalue weighted by Crippen LogP contribution is -2.25. The highest BCUT2D eigenvalue weighted by atomic mass is 16.5. The third kappa shape index (κ3) is 6.19. The van der Waals surface area contributed by atoms with Crippen LogP contribution in [0.1, 0.15) is 34.6 Å². The molecule has 0 saturated carbocycles. The van der Waals surface area contributed by atoms with Crippen LogP contribution < -0.4 is 14.5 Å². The maximum absolute atomic E-state index is 9.55. The Bertz CT molecular complexity index is 3770. The SMILES string of the molecule is [2H]c1c2cc3c(c1[2H])c1c([2H])c([2H])c([2H])c([2H])c1n3-c1cc(C(C)(C)C)cc(n1)-c1cccc(c1)-c1ccccc1-c1cccc(-c3ccccc3)c1N1CN(c3cccc(c3)O2)c2ccccc21. The second-order valence-corrected chi connectivity index (χ2v) is 17.2. The first-order valence-corrected chi connectivity index (χ1v) is 21.2. The lowest BCUT2D eigenvalue weighted by Gasteiger charge is -2.28. The zero-order valence-electron chi connectivity index (χ0n) is 41.0. The number of anilines is 4. The number of hydrogen-bond donors (Lipinski definition) is 0. The molecule has 0 spiro atoms. The fraction of sp³-hybridized carbons (Fsp3) is 0.0862. The minimum Gasteiger partial charge on any atom is -0.457 e. The number of aromatic nitrogens is 2. The van der Waals surface area contributed by atoms with E-state index in [-0.39, 0.29) is 51.6 Å². The molecule has 0 atom stereocenters. The van der Waals surface area contributed by atoms with Crippen molar-refractivity contribution < 1.29 is 13.0 Å². The monoisotopic (exact) mass is 818 g/mol. The highest BCUT2D eigenvalue weighted by Gasteiger charge is 2.32. The standard InChI is InChI=1S/C58H44N4O/c1-58(2,3)41-33-51-40-19-13-18-39(32-40)45-22-7-8-23-47(45)50-26-15-25-46(38-16-5-4-6-17-38)57(50)61-37-60(53-28-11-12-29-54(53)61)42-20-14-21-43(35-42)63-44-30-31-49-48-24-9-10-27-52(48)62(55(49)36-44)56(34-41)59-51/h4-36H,37H2,1-3H3/i9D,10D,24D,27D,30D,31D. The summed E-state index contributed by atoms with van der Waals surface area (Å²) in [7, 11) is 0. The summed E-state index contributed by atoms with van der Waals surface area (Å²) in [6.07, 6.45) is 0. The highest BCUT2D eigenvalue weighted by Crippen LogP contribution is 2.51. The van der Waals surface area contributed by atoms with Crippen LogP contribution in [0.3, 0.4) is 0 Å². The fourth-order valence-corrected chi connectivity index (χ4v) is 9.25. The number of fused-ring (bicyclic) bond motifs is 23. The quantitative estimate of drug-likeness (QED) is 0.165. The first kappa shape index (κ1) is 31.0. The van der Waals surface area contributed by atoms with E-state index >= 15 is 0 Å². The van der Waals surface area contributed by atoms with Crippen LogP contribution in [0.25, 0.3) is 72.3 Å². The number of nitrogens with zero attached hydrogens (tertiary/aromatic N) is 4. The van der Waals surface area contributed by atoms with Gasteiger partial charge in [0.25, 0.3) is 0 Å². The Morgan fingerprint density at radius 1 is 0.524 bits per heavy atom. The largest absolute Gasteiger partial charge is 0.457 e. The van der Waals surface area contributed by atoms with Crippen LogP contribution in [-0.2, 0) is 5.41 Å². The second kappa shape index (κ2) is 14.4. The molecule has 4 heterocycles. The summed E-state index contributed by atoms with van der Waals surface area (Å²) in [6, 6.07) is 54.1. The number of para-hydroxylation sites is 4. The van der Waals surface area contributed by atoms with E-state index in [1.54, 1.807) is 10.6 Å². The molecule has 302 valence electrons. The van der Waals surface area contributed by atoms with Gasteiger partial charge in [-0.3, -0.25) is 4.57 Å². The van der Waals surface area contributed by atoms with E-state index < -0.39 is 12.1 Å². The fourth-order valence-electron chi connectivity index (χ4n) is 9.25. The summed E-state index contributed by atoms with van der Waals surface area (Å²) in [5, 5.41) is 0.362. The Hall–Kier alpha value is -7.89. The number of hydrogen-bond acceptors (Lipinski definition) is 4. The Balaban J connectivity index is 1.20. The van der Waals surface area contributed by atoms with Crippen LogP contribution in [0, 0.1) is 0 Å². The van der Waals surface area contributed by atoms with E-state index in [1.807, 2.05) is 42.5 Å². The molecule has 2 aromatic heterocycles. The maximum atomic E-state index is 9.55. The Labute approximate surface area is 376 Å². The molecule has 0 amide bonds. The summed E-state index contributed by atoms with van der Waals surface area (Å²) in [4.78, 5) is 10.0. The smallest absolute Gasteiger partial charge is 0.138 e. The molecule has 0 N–H and O–H groups in total. The minimum atomic E-state index is -0.419. The van der Waals surface area contributed by atoms with Crippen LogP contribution in [0.15, 0.2) is 200 Å². The number of ether oxygens (including phenoxy) is 1. The molecule has 8 aromatic carbocycles. The van der Waals surface area contributed by atoms with Gasteiger partial charge in [-0.1, -0.05) is 148 Å². The number of rotatable bonds is 1. The molecule has 0 fully saturated rings. The zero-order valence-corrected chi connectivity index (χ0v) is 35.0. The third-order valence-electron chi connectivity index (χ3n) is 12.3. The van der Waals surface area contributed by atoms with Gasteiger partial charge in [0, 0.05) is 45.3 Å². The minimum absolute atomic E-state index is 0.0948. The van der Waals surface area contributed by atoms with Crippen molar-refractivity contribution in [3.63, 3.8) is 0 Å². The highest BCUT2D eigenvalue weighted by molar-refractivity contribution is 6.09. The van der Waals surface area contributed by atoms with E-state index in [0.29, 0.717) is 29.4 Å². The van der Waals surface area contributed by atoms with Crippen LogP contribution in [0.2, 0.25) is 0 Å². The van der Waals surface area contributed by atoms with E-state index in [2.05, 4.69) is 146 Å². The van der Waals surface area contributed by atoms with Gasteiger partial charge in [0.2, 0.25) is 0 Å². The van der Waals surface area contributed by atoms with Crippen molar-refractivity contribution in [2.24, 2.45) is 0 Å². The van der Waals surface area contributed by atoms with Gasteiger partial charge in [-0.15, -0.1) is 0 Å².